The van der Waals surface area contributed by atoms with Crippen LogP contribution in [-0.2, 0) is 6.42 Å². The number of hydrogen-bond donors (Lipinski definition) is 0. The molecule has 0 amide bonds. The van der Waals surface area contributed by atoms with E-state index in [4.69, 9.17) is 9.47 Å². The number of ether oxygens (including phenoxy) is 2. The van der Waals surface area contributed by atoms with Gasteiger partial charge in [0.15, 0.2) is 11.6 Å². The molecule has 0 N–H and O–H groups in total. The van der Waals surface area contributed by atoms with E-state index >= 15 is 0 Å². The van der Waals surface area contributed by atoms with Crippen molar-refractivity contribution in [3.63, 3.8) is 0 Å². The summed E-state index contributed by atoms with van der Waals surface area (Å²) in [6, 6.07) is 12.8. The Bertz CT molecular complexity index is 867. The second-order valence-electron chi connectivity index (χ2n) is 5.14. The number of aromatic nitrogens is 1. The highest BCUT2D eigenvalue weighted by atomic mass is 79.9. The van der Waals surface area contributed by atoms with Crippen LogP contribution >= 0.6 is 15.9 Å². The van der Waals surface area contributed by atoms with Crippen LogP contribution in [0.1, 0.15) is 11.1 Å². The maximum absolute atomic E-state index is 13.9. The van der Waals surface area contributed by atoms with Gasteiger partial charge in [0.2, 0.25) is 5.88 Å². The monoisotopic (exact) mass is 375 g/mol. The summed E-state index contributed by atoms with van der Waals surface area (Å²) in [4.78, 5) is 4.53. The minimum Gasteiger partial charge on any atom is -0.494 e. The van der Waals surface area contributed by atoms with Crippen molar-refractivity contribution in [1.82, 2.24) is 4.98 Å². The smallest absolute Gasteiger partial charge is 0.217 e. The van der Waals surface area contributed by atoms with Crippen LogP contribution in [0.25, 0.3) is 10.9 Å². The van der Waals surface area contributed by atoms with Gasteiger partial charge >= 0.3 is 0 Å². The zero-order valence-electron chi connectivity index (χ0n) is 12.8. The van der Waals surface area contributed by atoms with Gasteiger partial charge in [-0.25, -0.2) is 9.37 Å². The Balaban J connectivity index is 2.02. The van der Waals surface area contributed by atoms with E-state index in [1.54, 1.807) is 13.2 Å². The summed E-state index contributed by atoms with van der Waals surface area (Å²) in [5.74, 6) is 0.415. The second kappa shape index (κ2) is 6.54. The lowest BCUT2D eigenvalue weighted by molar-refractivity contribution is 0.386. The topological polar surface area (TPSA) is 31.4 Å². The van der Waals surface area contributed by atoms with Crippen molar-refractivity contribution in [1.29, 1.82) is 0 Å². The summed E-state index contributed by atoms with van der Waals surface area (Å²) < 4.78 is 25.2. The first kappa shape index (κ1) is 15.7. The maximum Gasteiger partial charge on any atom is 0.217 e. The Morgan fingerprint density at radius 1 is 1.04 bits per heavy atom. The van der Waals surface area contributed by atoms with Crippen LogP contribution in [0, 0.1) is 5.82 Å². The molecule has 0 bridgehead atoms. The molecule has 3 rings (SSSR count). The molecular formula is C18H15BrFNO2. The molecule has 23 heavy (non-hydrogen) atoms. The lowest BCUT2D eigenvalue weighted by Gasteiger charge is -2.11. The Hall–Kier alpha value is -2.14. The van der Waals surface area contributed by atoms with Crippen LogP contribution in [0.5, 0.6) is 11.6 Å². The Labute approximate surface area is 142 Å². The number of rotatable bonds is 4. The van der Waals surface area contributed by atoms with Gasteiger partial charge < -0.3 is 9.47 Å². The molecule has 0 saturated heterocycles. The van der Waals surface area contributed by atoms with Gasteiger partial charge in [-0.2, -0.15) is 0 Å². The zero-order chi connectivity index (χ0) is 16.4. The Morgan fingerprint density at radius 3 is 2.57 bits per heavy atom. The first-order chi connectivity index (χ1) is 11.1. The third kappa shape index (κ3) is 3.29. The minimum atomic E-state index is -0.375. The van der Waals surface area contributed by atoms with Crippen molar-refractivity contribution >= 4 is 26.8 Å². The van der Waals surface area contributed by atoms with E-state index in [-0.39, 0.29) is 11.6 Å². The highest BCUT2D eigenvalue weighted by Gasteiger charge is 2.11. The SMILES string of the molecule is COc1ccc(Cc2cc3cc(Br)ccc3nc2OC)cc1F. The Morgan fingerprint density at radius 2 is 1.87 bits per heavy atom. The van der Waals surface area contributed by atoms with E-state index in [0.717, 1.165) is 26.5 Å². The summed E-state index contributed by atoms with van der Waals surface area (Å²) in [5, 5.41) is 1.00. The molecule has 3 nitrogen and oxygen atoms in total. The van der Waals surface area contributed by atoms with Crippen molar-refractivity contribution in [3.8, 4) is 11.6 Å². The molecule has 0 saturated carbocycles. The average Bonchev–Trinajstić information content (AvgIpc) is 2.54. The van der Waals surface area contributed by atoms with Gasteiger partial charge in [0.1, 0.15) is 0 Å². The standard InChI is InChI=1S/C18H15BrFNO2/c1-22-17-6-3-11(8-15(17)20)7-13-9-12-10-14(19)4-5-16(12)21-18(13)23-2/h3-6,8-10H,7H2,1-2H3. The third-order valence-electron chi connectivity index (χ3n) is 3.62. The van der Waals surface area contributed by atoms with Crippen LogP contribution in [0.2, 0.25) is 0 Å². The molecule has 0 fully saturated rings. The van der Waals surface area contributed by atoms with Crippen molar-refractivity contribution in [2.75, 3.05) is 14.2 Å². The number of methoxy groups -OCH3 is 2. The van der Waals surface area contributed by atoms with Crippen LogP contribution in [0.4, 0.5) is 4.39 Å². The second-order valence-corrected chi connectivity index (χ2v) is 6.06. The first-order valence-electron chi connectivity index (χ1n) is 7.06. The van der Waals surface area contributed by atoms with Gasteiger partial charge in [0.25, 0.3) is 0 Å². The van der Waals surface area contributed by atoms with Crippen molar-refractivity contribution in [2.24, 2.45) is 0 Å². The normalized spacial score (nSPS) is 10.8. The van der Waals surface area contributed by atoms with E-state index in [0.29, 0.717) is 12.3 Å². The van der Waals surface area contributed by atoms with Crippen molar-refractivity contribution in [2.45, 2.75) is 6.42 Å². The molecule has 118 valence electrons. The number of fused-ring (bicyclic) bond motifs is 1. The number of nitrogens with zero attached hydrogens (tertiary/aromatic N) is 1. The van der Waals surface area contributed by atoms with Crippen LogP contribution in [-0.4, -0.2) is 19.2 Å². The van der Waals surface area contributed by atoms with Gasteiger partial charge in [0.05, 0.1) is 19.7 Å². The highest BCUT2D eigenvalue weighted by molar-refractivity contribution is 9.10. The summed E-state index contributed by atoms with van der Waals surface area (Å²) in [7, 11) is 3.04. The van der Waals surface area contributed by atoms with Crippen LogP contribution < -0.4 is 9.47 Å². The molecule has 1 aromatic heterocycles. The van der Waals surface area contributed by atoms with E-state index in [2.05, 4.69) is 20.9 Å². The summed E-state index contributed by atoms with van der Waals surface area (Å²) in [6.45, 7) is 0. The van der Waals surface area contributed by atoms with E-state index in [1.165, 1.54) is 13.2 Å². The molecule has 2 aromatic carbocycles. The number of halogens is 2. The zero-order valence-corrected chi connectivity index (χ0v) is 14.4. The quantitative estimate of drug-likeness (QED) is 0.659. The molecule has 0 aliphatic heterocycles. The number of benzene rings is 2. The predicted molar refractivity (Wildman–Crippen MR) is 91.8 cm³/mol. The van der Waals surface area contributed by atoms with E-state index in [1.807, 2.05) is 30.3 Å². The molecule has 0 unspecified atom stereocenters. The van der Waals surface area contributed by atoms with Gasteiger partial charge in [0, 0.05) is 21.8 Å². The van der Waals surface area contributed by atoms with Crippen LogP contribution in [0.3, 0.4) is 0 Å². The fourth-order valence-electron chi connectivity index (χ4n) is 2.52. The number of pyridine rings is 1. The molecule has 0 atom stereocenters. The van der Waals surface area contributed by atoms with E-state index in [9.17, 15) is 4.39 Å². The summed E-state index contributed by atoms with van der Waals surface area (Å²) in [6.07, 6.45) is 0.527. The summed E-state index contributed by atoms with van der Waals surface area (Å²) >= 11 is 3.46. The fraction of sp³-hybridized carbons (Fsp3) is 0.167. The van der Waals surface area contributed by atoms with Gasteiger partial charge in [-0.15, -0.1) is 0 Å². The lowest BCUT2D eigenvalue weighted by atomic mass is 10.0. The molecule has 0 aliphatic rings. The maximum atomic E-state index is 13.9. The first-order valence-corrected chi connectivity index (χ1v) is 7.85. The minimum absolute atomic E-state index is 0.237. The van der Waals surface area contributed by atoms with E-state index < -0.39 is 0 Å². The molecule has 5 heteroatoms. The molecule has 3 aromatic rings. The van der Waals surface area contributed by atoms with Crippen molar-refractivity contribution in [3.05, 3.63) is 63.9 Å². The molecule has 0 aliphatic carbocycles. The molecule has 1 heterocycles. The lowest BCUT2D eigenvalue weighted by Crippen LogP contribution is -1.98. The highest BCUT2D eigenvalue weighted by Crippen LogP contribution is 2.27. The molecular weight excluding hydrogens is 361 g/mol. The molecule has 0 radical (unpaired) electrons. The van der Waals surface area contributed by atoms with Gasteiger partial charge in [-0.1, -0.05) is 22.0 Å². The Kier molecular flexibility index (Phi) is 4.48. The molecule has 0 spiro atoms. The number of hydrogen-bond acceptors (Lipinski definition) is 3. The van der Waals surface area contributed by atoms with Gasteiger partial charge in [-0.05, 0) is 42.0 Å². The van der Waals surface area contributed by atoms with Crippen molar-refractivity contribution < 1.29 is 13.9 Å². The third-order valence-corrected chi connectivity index (χ3v) is 4.11. The van der Waals surface area contributed by atoms with Gasteiger partial charge in [-0.3, -0.25) is 0 Å². The summed E-state index contributed by atoms with van der Waals surface area (Å²) in [5.41, 5.74) is 2.59. The largest absolute Gasteiger partial charge is 0.494 e. The van der Waals surface area contributed by atoms with Crippen LogP contribution in [0.15, 0.2) is 46.9 Å². The fourth-order valence-corrected chi connectivity index (χ4v) is 2.90. The predicted octanol–water partition coefficient (Wildman–Crippen LogP) is 4.74. The average molecular weight is 376 g/mol.